The first kappa shape index (κ1) is 14.2. The van der Waals surface area contributed by atoms with Gasteiger partial charge in [-0.2, -0.15) is 0 Å². The van der Waals surface area contributed by atoms with Gasteiger partial charge in [0.1, 0.15) is 0 Å². The summed E-state index contributed by atoms with van der Waals surface area (Å²) < 4.78 is 27.0. The van der Waals surface area contributed by atoms with Gasteiger partial charge in [0.15, 0.2) is 0 Å². The predicted octanol–water partition coefficient (Wildman–Crippen LogP) is 2.28. The summed E-state index contributed by atoms with van der Waals surface area (Å²) in [5, 5.41) is 9.17. The van der Waals surface area contributed by atoms with E-state index in [0.717, 1.165) is 4.90 Å². The molecule has 0 heterocycles. The molecule has 0 spiro atoms. The molecule has 1 unspecified atom stereocenters. The van der Waals surface area contributed by atoms with Crippen LogP contribution in [0.25, 0.3) is 0 Å². The highest BCUT2D eigenvalue weighted by Gasteiger charge is 2.49. The van der Waals surface area contributed by atoms with E-state index in [1.165, 1.54) is 0 Å². The van der Waals surface area contributed by atoms with E-state index in [0.29, 0.717) is 12.8 Å². The van der Waals surface area contributed by atoms with E-state index in [1.54, 1.807) is 20.8 Å². The van der Waals surface area contributed by atoms with Gasteiger partial charge in [0.05, 0.1) is 12.1 Å². The highest BCUT2D eigenvalue weighted by Crippen LogP contribution is 2.36. The standard InChI is InChI=1S/C11H20F2N2O2/c1-10(2,3)15(9(16)17)7-5-4-6-11(12,13)8(7)14/h7-8H,4-6,14H2,1-3H3,(H,16,17)/t7-,8?/m1/s1. The lowest BCUT2D eigenvalue weighted by Gasteiger charge is -2.46. The zero-order valence-corrected chi connectivity index (χ0v) is 10.4. The Morgan fingerprint density at radius 2 is 2.00 bits per heavy atom. The molecule has 17 heavy (non-hydrogen) atoms. The summed E-state index contributed by atoms with van der Waals surface area (Å²) >= 11 is 0. The number of nitrogens with zero attached hydrogens (tertiary/aromatic N) is 1. The summed E-state index contributed by atoms with van der Waals surface area (Å²) in [5.74, 6) is -2.98. The molecule has 0 aromatic carbocycles. The predicted molar refractivity (Wildman–Crippen MR) is 60.2 cm³/mol. The van der Waals surface area contributed by atoms with Crippen molar-refractivity contribution >= 4 is 6.09 Å². The van der Waals surface area contributed by atoms with Crippen LogP contribution in [0.15, 0.2) is 0 Å². The van der Waals surface area contributed by atoms with Crippen LogP contribution in [0.3, 0.4) is 0 Å². The Labute approximate surface area is 99.8 Å². The van der Waals surface area contributed by atoms with E-state index < -0.39 is 29.6 Å². The van der Waals surface area contributed by atoms with Crippen molar-refractivity contribution in [2.45, 2.75) is 63.6 Å². The number of nitrogens with two attached hydrogens (primary N) is 1. The minimum Gasteiger partial charge on any atom is -0.465 e. The van der Waals surface area contributed by atoms with Gasteiger partial charge in [-0.1, -0.05) is 0 Å². The van der Waals surface area contributed by atoms with Crippen molar-refractivity contribution in [3.63, 3.8) is 0 Å². The lowest BCUT2D eigenvalue weighted by Crippen LogP contribution is -2.63. The molecule has 4 nitrogen and oxygen atoms in total. The van der Waals surface area contributed by atoms with Crippen LogP contribution in [0.1, 0.15) is 40.0 Å². The Morgan fingerprint density at radius 1 is 1.47 bits per heavy atom. The zero-order chi connectivity index (χ0) is 13.4. The Kier molecular flexibility index (Phi) is 3.66. The lowest BCUT2D eigenvalue weighted by atomic mass is 9.84. The van der Waals surface area contributed by atoms with Crippen molar-refractivity contribution in [1.29, 1.82) is 0 Å². The minimum absolute atomic E-state index is 0.262. The topological polar surface area (TPSA) is 66.6 Å². The summed E-state index contributed by atoms with van der Waals surface area (Å²) in [6, 6.07) is -2.25. The van der Waals surface area contributed by atoms with Gasteiger partial charge >= 0.3 is 6.09 Å². The number of carbonyl (C=O) groups is 1. The molecule has 1 aliphatic carbocycles. The van der Waals surface area contributed by atoms with E-state index in [-0.39, 0.29) is 6.42 Å². The van der Waals surface area contributed by atoms with Crippen LogP contribution in [0.2, 0.25) is 0 Å². The third-order valence-corrected chi connectivity index (χ3v) is 3.17. The molecule has 0 saturated heterocycles. The number of hydrogen-bond acceptors (Lipinski definition) is 2. The second-order valence-corrected chi connectivity index (χ2v) is 5.57. The van der Waals surface area contributed by atoms with Crippen LogP contribution in [0.5, 0.6) is 0 Å². The highest BCUT2D eigenvalue weighted by atomic mass is 19.3. The zero-order valence-electron chi connectivity index (χ0n) is 10.4. The third kappa shape index (κ3) is 2.86. The molecule has 3 N–H and O–H groups in total. The number of hydrogen-bond donors (Lipinski definition) is 2. The van der Waals surface area contributed by atoms with Crippen LogP contribution in [-0.2, 0) is 0 Å². The average molecular weight is 250 g/mol. The van der Waals surface area contributed by atoms with E-state index in [4.69, 9.17) is 5.73 Å². The largest absolute Gasteiger partial charge is 0.465 e. The van der Waals surface area contributed by atoms with Crippen LogP contribution >= 0.6 is 0 Å². The summed E-state index contributed by atoms with van der Waals surface area (Å²) in [6.45, 7) is 5.04. The molecule has 0 bridgehead atoms. The average Bonchev–Trinajstić information content (AvgIpc) is 2.09. The quantitative estimate of drug-likeness (QED) is 0.750. The van der Waals surface area contributed by atoms with Gasteiger partial charge in [-0.25, -0.2) is 13.6 Å². The Hall–Kier alpha value is -0.910. The van der Waals surface area contributed by atoms with Gasteiger partial charge < -0.3 is 10.8 Å². The number of halogens is 2. The molecule has 1 saturated carbocycles. The monoisotopic (exact) mass is 250 g/mol. The maximum Gasteiger partial charge on any atom is 0.408 e. The molecule has 1 amide bonds. The molecule has 2 atom stereocenters. The number of rotatable bonds is 1. The summed E-state index contributed by atoms with van der Waals surface area (Å²) in [5.41, 5.74) is 4.80. The maximum absolute atomic E-state index is 13.5. The van der Waals surface area contributed by atoms with E-state index in [1.807, 2.05) is 0 Å². The Balaban J connectivity index is 2.99. The molecule has 6 heteroatoms. The van der Waals surface area contributed by atoms with Crippen molar-refractivity contribution in [3.8, 4) is 0 Å². The molecule has 1 rings (SSSR count). The van der Waals surface area contributed by atoms with Crippen LogP contribution in [0, 0.1) is 0 Å². The SMILES string of the molecule is CC(C)(C)N(C(=O)O)[C@@H]1CCCC(F)(F)C1N. The first-order valence-corrected chi connectivity index (χ1v) is 5.73. The van der Waals surface area contributed by atoms with Crippen molar-refractivity contribution in [2.75, 3.05) is 0 Å². The van der Waals surface area contributed by atoms with Gasteiger partial charge in [-0.3, -0.25) is 4.90 Å². The number of carboxylic acid groups (broad SMARTS) is 1. The summed E-state index contributed by atoms with van der Waals surface area (Å²) in [7, 11) is 0. The van der Waals surface area contributed by atoms with Crippen molar-refractivity contribution in [2.24, 2.45) is 5.73 Å². The maximum atomic E-state index is 13.5. The first-order valence-electron chi connectivity index (χ1n) is 5.73. The van der Waals surface area contributed by atoms with Crippen molar-refractivity contribution in [3.05, 3.63) is 0 Å². The fourth-order valence-corrected chi connectivity index (χ4v) is 2.39. The molecular weight excluding hydrogens is 230 g/mol. The second-order valence-electron chi connectivity index (χ2n) is 5.57. The van der Waals surface area contributed by atoms with Crippen molar-refractivity contribution < 1.29 is 18.7 Å². The third-order valence-electron chi connectivity index (χ3n) is 3.17. The molecular formula is C11H20F2N2O2. The van der Waals surface area contributed by atoms with Gasteiger partial charge in [0, 0.05) is 12.0 Å². The first-order chi connectivity index (χ1) is 7.57. The van der Waals surface area contributed by atoms with Gasteiger partial charge in [0.2, 0.25) is 0 Å². The molecule has 0 aromatic rings. The fourth-order valence-electron chi connectivity index (χ4n) is 2.39. The molecule has 1 aliphatic rings. The van der Waals surface area contributed by atoms with E-state index >= 15 is 0 Å². The molecule has 0 aromatic heterocycles. The summed E-state index contributed by atoms with van der Waals surface area (Å²) in [4.78, 5) is 12.3. The molecule has 1 fully saturated rings. The number of alkyl halides is 2. The summed E-state index contributed by atoms with van der Waals surface area (Å²) in [6.07, 6.45) is -0.774. The Bertz CT molecular complexity index is 302. The van der Waals surface area contributed by atoms with Gasteiger partial charge in [0.25, 0.3) is 5.92 Å². The number of amides is 1. The van der Waals surface area contributed by atoms with E-state index in [2.05, 4.69) is 0 Å². The van der Waals surface area contributed by atoms with Gasteiger partial charge in [-0.15, -0.1) is 0 Å². The smallest absolute Gasteiger partial charge is 0.408 e. The van der Waals surface area contributed by atoms with Crippen LogP contribution in [0.4, 0.5) is 13.6 Å². The molecule has 0 radical (unpaired) electrons. The minimum atomic E-state index is -2.98. The van der Waals surface area contributed by atoms with Gasteiger partial charge in [-0.05, 0) is 33.6 Å². The second kappa shape index (κ2) is 4.40. The fraction of sp³-hybridized carbons (Fsp3) is 0.909. The lowest BCUT2D eigenvalue weighted by molar-refractivity contribution is -0.0885. The Morgan fingerprint density at radius 3 is 2.41 bits per heavy atom. The highest BCUT2D eigenvalue weighted by molar-refractivity contribution is 5.66. The molecule has 100 valence electrons. The van der Waals surface area contributed by atoms with E-state index in [9.17, 15) is 18.7 Å². The van der Waals surface area contributed by atoms with Crippen molar-refractivity contribution in [1.82, 2.24) is 4.90 Å². The molecule has 0 aliphatic heterocycles. The van der Waals surface area contributed by atoms with Crippen LogP contribution in [-0.4, -0.2) is 39.6 Å². The normalized spacial score (nSPS) is 28.8. The van der Waals surface area contributed by atoms with Crippen LogP contribution < -0.4 is 5.73 Å².